The summed E-state index contributed by atoms with van der Waals surface area (Å²) in [5.41, 5.74) is 1.42. The number of pyridine rings is 1. The molecule has 0 radical (unpaired) electrons. The highest BCUT2D eigenvalue weighted by molar-refractivity contribution is 6.30. The van der Waals surface area contributed by atoms with Gasteiger partial charge in [-0.2, -0.15) is 0 Å². The quantitative estimate of drug-likeness (QED) is 0.489. The molecule has 6 nitrogen and oxygen atoms in total. The molecule has 1 atom stereocenters. The molecule has 0 aliphatic carbocycles. The molecule has 144 valence electrons. The molecule has 1 amide bonds. The summed E-state index contributed by atoms with van der Waals surface area (Å²) in [6, 6.07) is 15.5. The zero-order valence-electron chi connectivity index (χ0n) is 15.4. The lowest BCUT2D eigenvalue weighted by Crippen LogP contribution is -2.30. The van der Waals surface area contributed by atoms with Crippen LogP contribution in [0.25, 0.3) is 10.9 Å². The maximum atomic E-state index is 12.6. The average molecular weight is 399 g/mol. The number of fused-ring (bicyclic) bond motifs is 1. The molecule has 1 heterocycles. The first-order chi connectivity index (χ1) is 13.5. The van der Waals surface area contributed by atoms with E-state index in [1.54, 1.807) is 48.5 Å². The number of aromatic nitrogens is 1. The largest absolute Gasteiger partial charge is 0.494 e. The second-order valence-corrected chi connectivity index (χ2v) is 6.39. The third-order valence-electron chi connectivity index (χ3n) is 3.99. The first-order valence-electron chi connectivity index (χ1n) is 8.78. The molecule has 7 heteroatoms. The Kier molecular flexibility index (Phi) is 6.11. The molecule has 0 aliphatic heterocycles. The number of nitrogens with one attached hydrogen (secondary N) is 1. The molecule has 0 fully saturated rings. The molecule has 1 aromatic heterocycles. The van der Waals surface area contributed by atoms with Crippen LogP contribution in [0.4, 0.5) is 5.69 Å². The highest BCUT2D eigenvalue weighted by Gasteiger charge is 2.21. The fourth-order valence-corrected chi connectivity index (χ4v) is 2.83. The van der Waals surface area contributed by atoms with Gasteiger partial charge < -0.3 is 14.8 Å². The van der Waals surface area contributed by atoms with Crippen molar-refractivity contribution in [2.24, 2.45) is 0 Å². The predicted molar refractivity (Wildman–Crippen MR) is 108 cm³/mol. The van der Waals surface area contributed by atoms with Crippen molar-refractivity contribution >= 4 is 40.1 Å². The van der Waals surface area contributed by atoms with Gasteiger partial charge in [0.05, 0.1) is 17.7 Å². The number of anilines is 1. The van der Waals surface area contributed by atoms with Crippen molar-refractivity contribution in [3.8, 4) is 5.75 Å². The average Bonchev–Trinajstić information content (AvgIpc) is 2.68. The van der Waals surface area contributed by atoms with E-state index in [0.717, 1.165) is 0 Å². The number of ether oxygens (including phenoxy) is 2. The van der Waals surface area contributed by atoms with E-state index in [1.807, 2.05) is 6.92 Å². The van der Waals surface area contributed by atoms with Gasteiger partial charge in [0.2, 0.25) is 0 Å². The van der Waals surface area contributed by atoms with Crippen LogP contribution in [0.15, 0.2) is 54.6 Å². The Hall–Kier alpha value is -3.12. The van der Waals surface area contributed by atoms with Crippen LogP contribution in [0.3, 0.4) is 0 Å². The van der Waals surface area contributed by atoms with Gasteiger partial charge in [-0.15, -0.1) is 0 Å². The molecule has 0 saturated carbocycles. The first kappa shape index (κ1) is 19.6. The van der Waals surface area contributed by atoms with Crippen LogP contribution < -0.4 is 10.1 Å². The number of hydrogen-bond acceptors (Lipinski definition) is 5. The van der Waals surface area contributed by atoms with Crippen molar-refractivity contribution in [3.05, 3.63) is 65.3 Å². The number of esters is 1. The number of carbonyl (C=O) groups excluding carboxylic acids is 2. The lowest BCUT2D eigenvalue weighted by Gasteiger charge is -2.15. The number of carbonyl (C=O) groups is 2. The Balaban J connectivity index is 1.69. The minimum atomic E-state index is -0.996. The van der Waals surface area contributed by atoms with Gasteiger partial charge in [0, 0.05) is 11.1 Å². The Morgan fingerprint density at radius 2 is 1.86 bits per heavy atom. The fraction of sp³-hybridized carbons (Fsp3) is 0.190. The van der Waals surface area contributed by atoms with Crippen LogP contribution >= 0.6 is 11.6 Å². The van der Waals surface area contributed by atoms with Crippen LogP contribution in [0.1, 0.15) is 24.2 Å². The molecule has 0 saturated heterocycles. The lowest BCUT2D eigenvalue weighted by molar-refractivity contribution is -0.123. The van der Waals surface area contributed by atoms with E-state index >= 15 is 0 Å². The minimum Gasteiger partial charge on any atom is -0.494 e. The van der Waals surface area contributed by atoms with Gasteiger partial charge >= 0.3 is 5.97 Å². The van der Waals surface area contributed by atoms with Gasteiger partial charge in [0.25, 0.3) is 5.91 Å². The summed E-state index contributed by atoms with van der Waals surface area (Å²) in [4.78, 5) is 29.1. The van der Waals surface area contributed by atoms with Crippen molar-refractivity contribution in [2.75, 3.05) is 11.9 Å². The maximum absolute atomic E-state index is 12.6. The van der Waals surface area contributed by atoms with E-state index < -0.39 is 18.0 Å². The van der Waals surface area contributed by atoms with Crippen LogP contribution in [-0.2, 0) is 9.53 Å². The molecule has 0 unspecified atom stereocenters. The fourth-order valence-electron chi connectivity index (χ4n) is 2.63. The van der Waals surface area contributed by atoms with Crippen LogP contribution in [0.2, 0.25) is 5.15 Å². The van der Waals surface area contributed by atoms with E-state index in [1.165, 1.54) is 13.0 Å². The van der Waals surface area contributed by atoms with E-state index in [9.17, 15) is 9.59 Å². The summed E-state index contributed by atoms with van der Waals surface area (Å²) < 4.78 is 10.7. The molecule has 28 heavy (non-hydrogen) atoms. The number of rotatable bonds is 6. The Morgan fingerprint density at radius 3 is 2.57 bits per heavy atom. The summed E-state index contributed by atoms with van der Waals surface area (Å²) in [6.07, 6.45) is -0.996. The second kappa shape index (κ2) is 8.71. The maximum Gasteiger partial charge on any atom is 0.339 e. The second-order valence-electron chi connectivity index (χ2n) is 6.00. The van der Waals surface area contributed by atoms with Gasteiger partial charge in [-0.05, 0) is 50.2 Å². The van der Waals surface area contributed by atoms with E-state index in [-0.39, 0.29) is 10.7 Å². The number of nitrogens with zero attached hydrogens (tertiary/aromatic N) is 1. The molecule has 3 aromatic rings. The number of hydrogen-bond donors (Lipinski definition) is 1. The summed E-state index contributed by atoms with van der Waals surface area (Å²) >= 11 is 6.00. The first-order valence-corrected chi connectivity index (χ1v) is 9.15. The normalized spacial score (nSPS) is 11.7. The Labute approximate surface area is 167 Å². The summed E-state index contributed by atoms with van der Waals surface area (Å²) in [6.45, 7) is 3.96. The number of benzene rings is 2. The molecule has 3 rings (SSSR count). The summed E-state index contributed by atoms with van der Waals surface area (Å²) in [5.74, 6) is -0.377. The van der Waals surface area contributed by atoms with Crippen molar-refractivity contribution < 1.29 is 19.1 Å². The van der Waals surface area contributed by atoms with Gasteiger partial charge in [0.1, 0.15) is 10.9 Å². The molecule has 2 aromatic carbocycles. The molecule has 0 aliphatic rings. The van der Waals surface area contributed by atoms with Crippen molar-refractivity contribution in [3.63, 3.8) is 0 Å². The van der Waals surface area contributed by atoms with Crippen molar-refractivity contribution in [2.45, 2.75) is 20.0 Å². The number of halogens is 1. The molecular weight excluding hydrogens is 380 g/mol. The highest BCUT2D eigenvalue weighted by atomic mass is 35.5. The van der Waals surface area contributed by atoms with Crippen molar-refractivity contribution in [1.29, 1.82) is 0 Å². The zero-order chi connectivity index (χ0) is 20.1. The monoisotopic (exact) mass is 398 g/mol. The smallest absolute Gasteiger partial charge is 0.339 e. The number of amides is 1. The van der Waals surface area contributed by atoms with Gasteiger partial charge in [-0.1, -0.05) is 29.8 Å². The van der Waals surface area contributed by atoms with Crippen LogP contribution in [0, 0.1) is 0 Å². The third kappa shape index (κ3) is 4.58. The van der Waals surface area contributed by atoms with Gasteiger partial charge in [-0.25, -0.2) is 9.78 Å². The molecule has 1 N–H and O–H groups in total. The van der Waals surface area contributed by atoms with Gasteiger partial charge in [-0.3, -0.25) is 4.79 Å². The van der Waals surface area contributed by atoms with E-state index in [4.69, 9.17) is 21.1 Å². The standard InChI is InChI=1S/C21H19ClN2O4/c1-3-27-15-10-8-14(9-11-15)23-20(25)13(2)28-21(26)17-12-19(22)24-18-7-5-4-6-16(17)18/h4-13H,3H2,1-2H3,(H,23,25)/t13-/m1/s1. The summed E-state index contributed by atoms with van der Waals surface area (Å²) in [5, 5.41) is 3.49. The number of para-hydroxylation sites is 1. The SMILES string of the molecule is CCOc1ccc(NC(=O)[C@@H](C)OC(=O)c2cc(Cl)nc3ccccc23)cc1. The third-order valence-corrected chi connectivity index (χ3v) is 4.18. The minimum absolute atomic E-state index is 0.178. The summed E-state index contributed by atoms with van der Waals surface area (Å²) in [7, 11) is 0. The molecule has 0 spiro atoms. The van der Waals surface area contributed by atoms with Crippen LogP contribution in [0.5, 0.6) is 5.75 Å². The molecular formula is C21H19ClN2O4. The van der Waals surface area contributed by atoms with Crippen LogP contribution in [-0.4, -0.2) is 29.6 Å². The van der Waals surface area contributed by atoms with E-state index in [0.29, 0.717) is 28.9 Å². The van der Waals surface area contributed by atoms with E-state index in [2.05, 4.69) is 10.3 Å². The highest BCUT2D eigenvalue weighted by Crippen LogP contribution is 2.22. The predicted octanol–water partition coefficient (Wildman–Crippen LogP) is 4.47. The Bertz CT molecular complexity index is 1000. The lowest BCUT2D eigenvalue weighted by atomic mass is 10.1. The van der Waals surface area contributed by atoms with Gasteiger partial charge in [0.15, 0.2) is 6.10 Å². The van der Waals surface area contributed by atoms with Crippen molar-refractivity contribution in [1.82, 2.24) is 4.98 Å². The zero-order valence-corrected chi connectivity index (χ0v) is 16.2. The molecule has 0 bridgehead atoms. The Morgan fingerprint density at radius 1 is 1.14 bits per heavy atom. The topological polar surface area (TPSA) is 77.5 Å².